The van der Waals surface area contributed by atoms with Gasteiger partial charge in [0.2, 0.25) is 0 Å². The van der Waals surface area contributed by atoms with Crippen molar-refractivity contribution >= 4 is 30.1 Å². The zero-order chi connectivity index (χ0) is 44.2. The molecule has 58 heavy (non-hydrogen) atoms. The largest absolute Gasteiger partial charge is 0.461 e. The van der Waals surface area contributed by atoms with E-state index in [1.165, 1.54) is 13.8 Å². The number of esters is 3. The summed E-state index contributed by atoms with van der Waals surface area (Å²) in [6.45, 7) is 29.6. The molecule has 0 radical (unpaired) electrons. The number of benzene rings is 1. The molecule has 1 saturated carbocycles. The average Bonchev–Trinajstić information content (AvgIpc) is 3.06. The summed E-state index contributed by atoms with van der Waals surface area (Å²) in [5.74, 6) is -1.68. The van der Waals surface area contributed by atoms with Gasteiger partial charge < -0.3 is 34.3 Å². The number of hydrogen-bond donors (Lipinski definition) is 2. The lowest BCUT2D eigenvalue weighted by molar-refractivity contribution is -0.153. The van der Waals surface area contributed by atoms with Crippen LogP contribution in [0.15, 0.2) is 23.8 Å². The van der Waals surface area contributed by atoms with E-state index in [1.807, 2.05) is 32.9 Å². The maximum atomic E-state index is 14.0. The minimum absolute atomic E-state index is 0.0389. The van der Waals surface area contributed by atoms with Crippen LogP contribution in [0.4, 0.5) is 9.59 Å². The van der Waals surface area contributed by atoms with Crippen LogP contribution in [0.3, 0.4) is 0 Å². The number of alkyl carbamates (subject to hydrolysis) is 2. The minimum Gasteiger partial charge on any atom is -0.461 e. The smallest absolute Gasteiger partial charge is 0.408 e. The lowest BCUT2D eigenvalue weighted by Gasteiger charge is -2.59. The fourth-order valence-electron chi connectivity index (χ4n) is 7.57. The van der Waals surface area contributed by atoms with Gasteiger partial charge in [-0.25, -0.2) is 19.2 Å². The summed E-state index contributed by atoms with van der Waals surface area (Å²) in [5.41, 5.74) is -0.768. The van der Waals surface area contributed by atoms with Crippen LogP contribution in [0.5, 0.6) is 11.5 Å². The number of hydrogen-bond acceptors (Lipinski definition) is 10. The van der Waals surface area contributed by atoms with E-state index in [1.54, 1.807) is 41.5 Å². The number of carbonyl (C=O) groups is 5. The second kappa shape index (κ2) is 18.4. The first-order chi connectivity index (χ1) is 26.5. The van der Waals surface area contributed by atoms with E-state index in [0.29, 0.717) is 5.56 Å². The Bertz CT molecular complexity index is 1630. The lowest BCUT2D eigenvalue weighted by atomic mass is 9.45. The summed E-state index contributed by atoms with van der Waals surface area (Å²) >= 11 is 0. The van der Waals surface area contributed by atoms with Crippen molar-refractivity contribution in [3.8, 4) is 11.5 Å². The fourth-order valence-corrected chi connectivity index (χ4v) is 7.57. The van der Waals surface area contributed by atoms with Gasteiger partial charge in [-0.15, -0.1) is 0 Å². The van der Waals surface area contributed by atoms with Crippen LogP contribution in [-0.2, 0) is 34.0 Å². The van der Waals surface area contributed by atoms with Gasteiger partial charge in [0.15, 0.2) is 0 Å². The molecule has 326 valence electrons. The Morgan fingerprint density at radius 1 is 0.759 bits per heavy atom. The van der Waals surface area contributed by atoms with Crippen molar-refractivity contribution in [2.75, 3.05) is 6.61 Å². The highest BCUT2D eigenvalue weighted by molar-refractivity contribution is 5.85. The molecule has 2 amide bonds. The highest BCUT2D eigenvalue weighted by atomic mass is 16.6. The number of allylic oxidation sites excluding steroid dienone is 1. The van der Waals surface area contributed by atoms with Crippen LogP contribution in [0.25, 0.3) is 0 Å². The van der Waals surface area contributed by atoms with E-state index >= 15 is 0 Å². The molecule has 0 aliphatic heterocycles. The summed E-state index contributed by atoms with van der Waals surface area (Å²) in [7, 11) is 0. The van der Waals surface area contributed by atoms with Gasteiger partial charge in [0.05, 0.1) is 5.41 Å². The third kappa shape index (κ3) is 13.0. The maximum absolute atomic E-state index is 14.0. The molecule has 0 heterocycles. The lowest BCUT2D eigenvalue weighted by Crippen LogP contribution is -2.52. The van der Waals surface area contributed by atoms with Gasteiger partial charge in [-0.3, -0.25) is 4.79 Å². The summed E-state index contributed by atoms with van der Waals surface area (Å²) < 4.78 is 29.2. The SMILES string of the molecule is CCCCCCC(C)(C)c1cc(OC(=O)[C@H](C)NC(=O)OC(C)(C)C)c([C@@H]2C=C(COC(=O)C(C)(C)C)[C@@H]3C[C@H]2C3(C)C)c(OC(=O)[C@H](C)NC(=O)OC(C)(C)C)c1. The molecule has 5 atom stereocenters. The predicted molar refractivity (Wildman–Crippen MR) is 224 cm³/mol. The zero-order valence-electron chi connectivity index (χ0n) is 38.2. The van der Waals surface area contributed by atoms with Gasteiger partial charge >= 0.3 is 30.1 Å². The predicted octanol–water partition coefficient (Wildman–Crippen LogP) is 9.85. The number of fused-ring (bicyclic) bond motifs is 1. The van der Waals surface area contributed by atoms with Crippen molar-refractivity contribution in [1.82, 2.24) is 10.6 Å². The van der Waals surface area contributed by atoms with Crippen molar-refractivity contribution in [2.24, 2.45) is 22.7 Å². The Hall–Kier alpha value is -4.09. The molecular formula is C46H72N2O10. The molecule has 1 fully saturated rings. The third-order valence-corrected chi connectivity index (χ3v) is 11.1. The summed E-state index contributed by atoms with van der Waals surface area (Å²) in [5, 5.41) is 5.16. The van der Waals surface area contributed by atoms with Crippen LogP contribution in [-0.4, -0.2) is 60.0 Å². The fraction of sp³-hybridized carbons (Fsp3) is 0.717. The van der Waals surface area contributed by atoms with E-state index in [-0.39, 0.29) is 41.3 Å². The van der Waals surface area contributed by atoms with Gasteiger partial charge in [0, 0.05) is 11.5 Å². The molecule has 3 aliphatic carbocycles. The normalized spacial score (nSPS) is 20.0. The third-order valence-electron chi connectivity index (χ3n) is 11.1. The van der Waals surface area contributed by atoms with Crippen LogP contribution in [0.2, 0.25) is 0 Å². The molecule has 3 aliphatic rings. The van der Waals surface area contributed by atoms with Crippen molar-refractivity contribution in [2.45, 2.75) is 184 Å². The maximum Gasteiger partial charge on any atom is 0.408 e. The van der Waals surface area contributed by atoms with E-state index in [9.17, 15) is 24.0 Å². The monoisotopic (exact) mass is 813 g/mol. The molecule has 2 N–H and O–H groups in total. The highest BCUT2D eigenvalue weighted by Gasteiger charge is 2.56. The molecule has 0 unspecified atom stereocenters. The van der Waals surface area contributed by atoms with E-state index in [4.69, 9.17) is 23.7 Å². The Kier molecular flexibility index (Phi) is 15.4. The molecule has 12 nitrogen and oxygen atoms in total. The van der Waals surface area contributed by atoms with Crippen LogP contribution < -0.4 is 20.1 Å². The standard InChI is InChI=1S/C46H72N2O10/c1-17-18-19-20-21-45(13,14)30-23-34(55-37(49)27(2)47-40(52)57-43(7,8)9)36(35(24-30)56-38(50)28(3)48-41(53)58-44(10,11)12)31-22-29(26-54-39(51)42(4,5)6)32-25-33(31)46(32,15)16/h22-24,27-28,31-33H,17-21,25-26H2,1-16H3,(H,47,52)(H,48,53)/t27-,28-,31+,32-,33+/m0/s1. The van der Waals surface area contributed by atoms with Gasteiger partial charge in [0.25, 0.3) is 0 Å². The Balaban J connectivity index is 2.24. The molecule has 0 aromatic heterocycles. The Morgan fingerprint density at radius 3 is 1.66 bits per heavy atom. The second-order valence-electron chi connectivity index (χ2n) is 20.5. The Morgan fingerprint density at radius 2 is 1.24 bits per heavy atom. The van der Waals surface area contributed by atoms with Gasteiger partial charge in [-0.1, -0.05) is 66.4 Å². The average molecular weight is 813 g/mol. The van der Waals surface area contributed by atoms with Crippen molar-refractivity contribution < 1.29 is 47.7 Å². The molecule has 1 aromatic carbocycles. The first-order valence-electron chi connectivity index (χ1n) is 21.0. The van der Waals surface area contributed by atoms with Gasteiger partial charge in [0.1, 0.15) is 41.4 Å². The molecule has 0 saturated heterocycles. The minimum atomic E-state index is -1.10. The van der Waals surface area contributed by atoms with Crippen LogP contribution in [0.1, 0.15) is 166 Å². The summed E-state index contributed by atoms with van der Waals surface area (Å²) in [6, 6.07) is 1.49. The Labute approximate surface area is 347 Å². The number of unbranched alkanes of at least 4 members (excludes halogenated alkanes) is 3. The van der Waals surface area contributed by atoms with E-state index < -0.39 is 64.2 Å². The molecule has 4 rings (SSSR count). The molecular weight excluding hydrogens is 741 g/mol. The van der Waals surface area contributed by atoms with E-state index in [2.05, 4.69) is 51.3 Å². The number of ether oxygens (including phenoxy) is 5. The topological polar surface area (TPSA) is 156 Å². The summed E-state index contributed by atoms with van der Waals surface area (Å²) in [4.78, 5) is 66.2. The van der Waals surface area contributed by atoms with Crippen LogP contribution in [0, 0.1) is 22.7 Å². The van der Waals surface area contributed by atoms with Crippen LogP contribution >= 0.6 is 0 Å². The highest BCUT2D eigenvalue weighted by Crippen LogP contribution is 2.65. The number of amides is 2. The first kappa shape index (κ1) is 48.3. The molecule has 12 heteroatoms. The molecule has 2 bridgehead atoms. The van der Waals surface area contributed by atoms with Crippen molar-refractivity contribution in [3.63, 3.8) is 0 Å². The van der Waals surface area contributed by atoms with E-state index in [0.717, 1.165) is 49.7 Å². The number of rotatable bonds is 15. The van der Waals surface area contributed by atoms with Gasteiger partial charge in [-0.05, 0) is 135 Å². The molecule has 1 aromatic rings. The second-order valence-corrected chi connectivity index (χ2v) is 20.5. The summed E-state index contributed by atoms with van der Waals surface area (Å²) in [6.07, 6.45) is 6.30. The number of nitrogens with one attached hydrogen (secondary N) is 2. The van der Waals surface area contributed by atoms with Crippen molar-refractivity contribution in [3.05, 3.63) is 34.9 Å². The quantitative estimate of drug-likeness (QED) is 0.0575. The zero-order valence-corrected chi connectivity index (χ0v) is 38.2. The first-order valence-corrected chi connectivity index (χ1v) is 21.0. The van der Waals surface area contributed by atoms with Crippen molar-refractivity contribution in [1.29, 1.82) is 0 Å². The number of carbonyl (C=O) groups excluding carboxylic acids is 5. The molecule has 0 spiro atoms. The van der Waals surface area contributed by atoms with Gasteiger partial charge in [-0.2, -0.15) is 0 Å².